The summed E-state index contributed by atoms with van der Waals surface area (Å²) in [5, 5.41) is 10.4. The van der Waals surface area contributed by atoms with Crippen LogP contribution in [0.5, 0.6) is 0 Å². The second-order valence-corrected chi connectivity index (χ2v) is 11.3. The zero-order chi connectivity index (χ0) is 24.6. The van der Waals surface area contributed by atoms with E-state index in [1.54, 1.807) is 0 Å². The van der Waals surface area contributed by atoms with Crippen molar-refractivity contribution in [3.05, 3.63) is 0 Å². The molecule has 0 rings (SSSR count). The second kappa shape index (κ2) is 33.0. The van der Waals surface area contributed by atoms with Crippen LogP contribution >= 0.6 is 0 Å². The average Bonchev–Trinajstić information content (AvgIpc) is 2.85. The molecule has 1 radical (unpaired) electrons. The van der Waals surface area contributed by atoms with Crippen LogP contribution in [0.1, 0.15) is 206 Å². The van der Waals surface area contributed by atoms with Gasteiger partial charge in [-0.25, -0.2) is 5.11 Å². The Morgan fingerprint density at radius 2 is 0.382 bits per heavy atom. The smallest absolute Gasteiger partial charge is 0.0822 e. The molecule has 0 saturated heterocycles. The first-order valence-corrected chi connectivity index (χ1v) is 16.5. The molecular formula is C33H67O. The molecule has 205 valence electrons. The molecule has 0 heterocycles. The predicted octanol–water partition coefficient (Wildman–Crippen LogP) is 12.5. The lowest BCUT2D eigenvalue weighted by Crippen LogP contribution is -1.85. The number of rotatable bonds is 31. The maximum Gasteiger partial charge on any atom is 0.0822 e. The van der Waals surface area contributed by atoms with Gasteiger partial charge < -0.3 is 0 Å². The van der Waals surface area contributed by atoms with E-state index >= 15 is 0 Å². The molecule has 0 saturated carbocycles. The fraction of sp³-hybridized carbons (Fsp3) is 1.00. The second-order valence-electron chi connectivity index (χ2n) is 11.3. The van der Waals surface area contributed by atoms with Gasteiger partial charge in [-0.15, -0.1) is 0 Å². The first-order valence-electron chi connectivity index (χ1n) is 16.5. The van der Waals surface area contributed by atoms with Gasteiger partial charge in [0.1, 0.15) is 0 Å². The molecule has 0 aliphatic carbocycles. The molecule has 0 aromatic carbocycles. The SMILES string of the molecule is CCCCCCCCCCCCCCCCCCCCCCCCCCCCCCCCC[O]. The van der Waals surface area contributed by atoms with E-state index in [4.69, 9.17) is 0 Å². The highest BCUT2D eigenvalue weighted by Crippen LogP contribution is 2.16. The summed E-state index contributed by atoms with van der Waals surface area (Å²) in [6, 6.07) is 0. The van der Waals surface area contributed by atoms with Crippen LogP contribution in [0, 0.1) is 0 Å². The molecule has 0 N–H and O–H groups in total. The van der Waals surface area contributed by atoms with Crippen LogP contribution in [0.25, 0.3) is 0 Å². The monoisotopic (exact) mass is 480 g/mol. The Bertz CT molecular complexity index is 295. The van der Waals surface area contributed by atoms with Gasteiger partial charge in [-0.3, -0.25) is 0 Å². The molecule has 0 spiro atoms. The third-order valence-electron chi connectivity index (χ3n) is 7.75. The summed E-state index contributed by atoms with van der Waals surface area (Å²) < 4.78 is 0. The summed E-state index contributed by atoms with van der Waals surface area (Å²) in [4.78, 5) is 0. The van der Waals surface area contributed by atoms with E-state index in [1.165, 1.54) is 186 Å². The standard InChI is InChI=1S/C33H67O/c1-2-3-4-5-6-7-8-9-10-11-12-13-14-15-16-17-18-19-20-21-22-23-24-25-26-27-28-29-30-31-32-33-34/h2-33H2,1H3. The lowest BCUT2D eigenvalue weighted by Gasteiger charge is -2.04. The highest BCUT2D eigenvalue weighted by atomic mass is 16.2. The highest BCUT2D eigenvalue weighted by Gasteiger charge is 1.97. The van der Waals surface area contributed by atoms with Gasteiger partial charge in [0, 0.05) is 0 Å². The minimum atomic E-state index is 0.125. The Morgan fingerprint density at radius 3 is 0.529 bits per heavy atom. The topological polar surface area (TPSA) is 19.9 Å². The molecule has 0 amide bonds. The third-order valence-corrected chi connectivity index (χ3v) is 7.75. The summed E-state index contributed by atoms with van der Waals surface area (Å²) in [7, 11) is 0. The van der Waals surface area contributed by atoms with E-state index in [2.05, 4.69) is 6.92 Å². The van der Waals surface area contributed by atoms with Crippen molar-refractivity contribution in [3.8, 4) is 0 Å². The lowest BCUT2D eigenvalue weighted by molar-refractivity contribution is 0.186. The fourth-order valence-electron chi connectivity index (χ4n) is 5.30. The minimum Gasteiger partial charge on any atom is -0.237 e. The molecule has 0 aromatic rings. The van der Waals surface area contributed by atoms with Crippen molar-refractivity contribution in [3.63, 3.8) is 0 Å². The third kappa shape index (κ3) is 32.0. The van der Waals surface area contributed by atoms with E-state index in [0.717, 1.165) is 12.8 Å². The van der Waals surface area contributed by atoms with Crippen molar-refractivity contribution in [1.82, 2.24) is 0 Å². The van der Waals surface area contributed by atoms with Gasteiger partial charge in [0.15, 0.2) is 0 Å². The van der Waals surface area contributed by atoms with Crippen molar-refractivity contribution in [2.75, 3.05) is 6.61 Å². The van der Waals surface area contributed by atoms with E-state index in [9.17, 15) is 5.11 Å². The molecule has 1 heteroatoms. The quantitative estimate of drug-likeness (QED) is 0.0881. The van der Waals surface area contributed by atoms with Gasteiger partial charge in [-0.2, -0.15) is 0 Å². The highest BCUT2D eigenvalue weighted by molar-refractivity contribution is 4.52. The van der Waals surface area contributed by atoms with Crippen LogP contribution in [-0.2, 0) is 5.11 Å². The summed E-state index contributed by atoms with van der Waals surface area (Å²) >= 11 is 0. The molecule has 0 unspecified atom stereocenters. The molecule has 0 fully saturated rings. The predicted molar refractivity (Wildman–Crippen MR) is 154 cm³/mol. The number of hydrogen-bond acceptors (Lipinski definition) is 0. The van der Waals surface area contributed by atoms with Crippen LogP contribution < -0.4 is 0 Å². The number of unbranched alkanes of at least 4 members (excludes halogenated alkanes) is 30. The van der Waals surface area contributed by atoms with Crippen LogP contribution in [0.3, 0.4) is 0 Å². The Morgan fingerprint density at radius 1 is 0.235 bits per heavy atom. The largest absolute Gasteiger partial charge is 0.237 e. The maximum absolute atomic E-state index is 10.4. The van der Waals surface area contributed by atoms with Crippen molar-refractivity contribution in [1.29, 1.82) is 0 Å². The summed E-state index contributed by atoms with van der Waals surface area (Å²) in [5.74, 6) is 0. The molecule has 0 aliphatic rings. The Balaban J connectivity index is 2.99. The van der Waals surface area contributed by atoms with Crippen molar-refractivity contribution in [2.45, 2.75) is 206 Å². The summed E-state index contributed by atoms with van der Waals surface area (Å²) in [6.07, 6.45) is 44.2. The van der Waals surface area contributed by atoms with Gasteiger partial charge in [-0.1, -0.05) is 200 Å². The average molecular weight is 480 g/mol. The zero-order valence-corrected chi connectivity index (χ0v) is 24.0. The normalized spacial score (nSPS) is 11.5. The van der Waals surface area contributed by atoms with Gasteiger partial charge >= 0.3 is 0 Å². The Kier molecular flexibility index (Phi) is 32.9. The molecular weight excluding hydrogens is 412 g/mol. The van der Waals surface area contributed by atoms with Gasteiger partial charge in [-0.05, 0) is 6.42 Å². The molecule has 0 aliphatic heterocycles. The molecule has 34 heavy (non-hydrogen) atoms. The molecule has 1 nitrogen and oxygen atoms in total. The van der Waals surface area contributed by atoms with Crippen molar-refractivity contribution in [2.24, 2.45) is 0 Å². The molecule has 0 bridgehead atoms. The van der Waals surface area contributed by atoms with Crippen LogP contribution in [0.15, 0.2) is 0 Å². The first kappa shape index (κ1) is 34.0. The summed E-state index contributed by atoms with van der Waals surface area (Å²) in [6.45, 7) is 2.43. The van der Waals surface area contributed by atoms with Crippen molar-refractivity contribution < 1.29 is 5.11 Å². The number of hydrogen-bond donors (Lipinski definition) is 0. The lowest BCUT2D eigenvalue weighted by atomic mass is 10.0. The fourth-order valence-corrected chi connectivity index (χ4v) is 5.30. The van der Waals surface area contributed by atoms with Crippen LogP contribution in [0.4, 0.5) is 0 Å². The first-order chi connectivity index (χ1) is 16.9. The van der Waals surface area contributed by atoms with E-state index in [1.807, 2.05) is 0 Å². The maximum atomic E-state index is 10.4. The Labute approximate surface area is 217 Å². The Hall–Kier alpha value is -0.0400. The van der Waals surface area contributed by atoms with Crippen molar-refractivity contribution >= 4 is 0 Å². The van der Waals surface area contributed by atoms with E-state index < -0.39 is 0 Å². The van der Waals surface area contributed by atoms with Crippen LogP contribution in [0.2, 0.25) is 0 Å². The van der Waals surface area contributed by atoms with Gasteiger partial charge in [0.2, 0.25) is 0 Å². The van der Waals surface area contributed by atoms with Gasteiger partial charge in [0.25, 0.3) is 0 Å². The molecule has 0 atom stereocenters. The molecule has 0 aromatic heterocycles. The minimum absolute atomic E-state index is 0.125. The van der Waals surface area contributed by atoms with E-state index in [-0.39, 0.29) is 6.61 Å². The zero-order valence-electron chi connectivity index (χ0n) is 24.0. The summed E-state index contributed by atoms with van der Waals surface area (Å²) in [5.41, 5.74) is 0. The van der Waals surface area contributed by atoms with Crippen LogP contribution in [-0.4, -0.2) is 6.61 Å². The van der Waals surface area contributed by atoms with Gasteiger partial charge in [0.05, 0.1) is 6.61 Å². The van der Waals surface area contributed by atoms with E-state index in [0.29, 0.717) is 0 Å².